The Bertz CT molecular complexity index is 575. The smallest absolute Gasteiger partial charge is 0.303 e. The molecule has 1 aliphatic rings. The average molecular weight is 328 g/mol. The summed E-state index contributed by atoms with van der Waals surface area (Å²) in [5.74, 6) is -0.0160. The maximum atomic E-state index is 12.0. The number of fused-ring (bicyclic) bond motifs is 1. The van der Waals surface area contributed by atoms with Crippen LogP contribution < -0.4 is 14.8 Å². The van der Waals surface area contributed by atoms with E-state index in [0.29, 0.717) is 36.2 Å². The van der Waals surface area contributed by atoms with Crippen LogP contribution in [0, 0.1) is 0 Å². The van der Waals surface area contributed by atoms with Crippen LogP contribution in [-0.2, 0) is 16.0 Å². The molecule has 0 radical (unpaired) electrons. The number of nitrogens with one attached hydrogen (secondary N) is 1. The molecule has 0 aliphatic carbocycles. The number of carbonyl (C=O) groups is 2. The second-order valence-corrected chi connectivity index (χ2v) is 5.59. The van der Waals surface area contributed by atoms with E-state index >= 15 is 0 Å². The maximum absolute atomic E-state index is 12.0. The molecule has 1 heterocycles. The second kappa shape index (κ2) is 7.35. The third-order valence-electron chi connectivity index (χ3n) is 3.22. The van der Waals surface area contributed by atoms with Gasteiger partial charge in [-0.3, -0.25) is 9.59 Å². The molecule has 2 rings (SSSR count). The highest BCUT2D eigenvalue weighted by atomic mass is 35.5. The van der Waals surface area contributed by atoms with Crippen LogP contribution in [0.3, 0.4) is 0 Å². The number of ether oxygens (including phenoxy) is 2. The topological polar surface area (TPSA) is 84.9 Å². The number of carbonyl (C=O) groups excluding carboxylic acids is 1. The van der Waals surface area contributed by atoms with Crippen molar-refractivity contribution in [3.05, 3.63) is 22.7 Å². The summed E-state index contributed by atoms with van der Waals surface area (Å²) in [7, 11) is 0. The molecule has 6 nitrogen and oxygen atoms in total. The number of hydrogen-bond donors (Lipinski definition) is 2. The van der Waals surface area contributed by atoms with Crippen LogP contribution >= 0.6 is 11.6 Å². The van der Waals surface area contributed by atoms with E-state index in [-0.39, 0.29) is 24.8 Å². The number of benzene rings is 1. The van der Waals surface area contributed by atoms with Crippen molar-refractivity contribution in [2.45, 2.75) is 32.2 Å². The van der Waals surface area contributed by atoms with Crippen LogP contribution in [0.1, 0.15) is 25.3 Å². The zero-order chi connectivity index (χ0) is 16.1. The third kappa shape index (κ3) is 4.53. The van der Waals surface area contributed by atoms with E-state index in [0.717, 1.165) is 5.56 Å². The zero-order valence-electron chi connectivity index (χ0n) is 12.2. The molecule has 0 aromatic heterocycles. The summed E-state index contributed by atoms with van der Waals surface area (Å²) >= 11 is 6.12. The minimum atomic E-state index is -0.875. The molecule has 0 saturated heterocycles. The average Bonchev–Trinajstić information content (AvgIpc) is 2.45. The largest absolute Gasteiger partial charge is 0.486 e. The third-order valence-corrected chi connectivity index (χ3v) is 3.50. The zero-order valence-corrected chi connectivity index (χ0v) is 13.0. The van der Waals surface area contributed by atoms with Gasteiger partial charge in [0.15, 0.2) is 11.5 Å². The minimum absolute atomic E-state index is 0.0251. The first-order valence-corrected chi connectivity index (χ1v) is 7.42. The maximum Gasteiger partial charge on any atom is 0.303 e. The van der Waals surface area contributed by atoms with E-state index in [4.69, 9.17) is 26.2 Å². The van der Waals surface area contributed by atoms with Gasteiger partial charge in [0.1, 0.15) is 13.2 Å². The molecule has 1 atom stereocenters. The fraction of sp³-hybridized carbons (Fsp3) is 0.467. The van der Waals surface area contributed by atoms with E-state index < -0.39 is 5.97 Å². The van der Waals surface area contributed by atoms with Crippen molar-refractivity contribution in [1.29, 1.82) is 0 Å². The number of halogens is 1. The van der Waals surface area contributed by atoms with Crippen molar-refractivity contribution in [3.63, 3.8) is 0 Å². The molecule has 1 aromatic rings. The Morgan fingerprint density at radius 3 is 2.82 bits per heavy atom. The number of amides is 1. The lowest BCUT2D eigenvalue weighted by atomic mass is 10.1. The molecule has 120 valence electrons. The minimum Gasteiger partial charge on any atom is -0.486 e. The first kappa shape index (κ1) is 16.4. The Balaban J connectivity index is 1.94. The highest BCUT2D eigenvalue weighted by molar-refractivity contribution is 6.32. The number of aliphatic carboxylic acids is 1. The van der Waals surface area contributed by atoms with Gasteiger partial charge in [0.05, 0.1) is 11.4 Å². The van der Waals surface area contributed by atoms with E-state index in [1.165, 1.54) is 0 Å². The molecule has 1 aliphatic heterocycles. The van der Waals surface area contributed by atoms with Gasteiger partial charge in [-0.05, 0) is 31.0 Å². The molecule has 0 saturated carbocycles. The second-order valence-electron chi connectivity index (χ2n) is 5.18. The summed E-state index contributed by atoms with van der Waals surface area (Å²) in [6, 6.07) is 3.22. The molecule has 1 aromatic carbocycles. The lowest BCUT2D eigenvalue weighted by Crippen LogP contribution is -2.34. The highest BCUT2D eigenvalue weighted by Crippen LogP contribution is 2.38. The van der Waals surface area contributed by atoms with Crippen molar-refractivity contribution < 1.29 is 24.2 Å². The summed E-state index contributed by atoms with van der Waals surface area (Å²) < 4.78 is 10.9. The van der Waals surface area contributed by atoms with Crippen LogP contribution in [0.25, 0.3) is 0 Å². The Kier molecular flexibility index (Phi) is 5.49. The lowest BCUT2D eigenvalue weighted by Gasteiger charge is -2.20. The fourth-order valence-corrected chi connectivity index (χ4v) is 2.48. The molecule has 1 unspecified atom stereocenters. The van der Waals surface area contributed by atoms with Crippen molar-refractivity contribution in [1.82, 2.24) is 5.32 Å². The summed E-state index contributed by atoms with van der Waals surface area (Å²) in [4.78, 5) is 22.5. The van der Waals surface area contributed by atoms with Crippen molar-refractivity contribution >= 4 is 23.5 Å². The predicted octanol–water partition coefficient (Wildman–Crippen LogP) is 2.02. The normalized spacial score (nSPS) is 14.3. The molecule has 0 spiro atoms. The number of hydrogen-bond acceptors (Lipinski definition) is 4. The van der Waals surface area contributed by atoms with E-state index in [2.05, 4.69) is 5.32 Å². The van der Waals surface area contributed by atoms with Crippen molar-refractivity contribution in [2.24, 2.45) is 0 Å². The quantitative estimate of drug-likeness (QED) is 0.835. The first-order valence-electron chi connectivity index (χ1n) is 7.05. The standard InChI is InChI=1S/C15H18ClNO5/c1-9(2-3-14(19)20)17-13(18)8-10-6-11(16)15-12(7-10)21-4-5-22-15/h6-7,9H,2-5,8H2,1H3,(H,17,18)(H,19,20). The number of rotatable bonds is 6. The van der Waals surface area contributed by atoms with Crippen molar-refractivity contribution in [2.75, 3.05) is 13.2 Å². The molecule has 0 bridgehead atoms. The van der Waals surface area contributed by atoms with E-state index in [9.17, 15) is 9.59 Å². The highest BCUT2D eigenvalue weighted by Gasteiger charge is 2.18. The van der Waals surface area contributed by atoms with Crippen molar-refractivity contribution in [3.8, 4) is 11.5 Å². The van der Waals surface area contributed by atoms with Crippen LogP contribution in [0.2, 0.25) is 5.02 Å². The van der Waals surface area contributed by atoms with E-state index in [1.54, 1.807) is 19.1 Å². The van der Waals surface area contributed by atoms with Gasteiger partial charge in [-0.2, -0.15) is 0 Å². The van der Waals surface area contributed by atoms with Crippen LogP contribution in [-0.4, -0.2) is 36.2 Å². The number of carboxylic acids is 1. The van der Waals surface area contributed by atoms with Gasteiger partial charge < -0.3 is 19.9 Å². The van der Waals surface area contributed by atoms with Gasteiger partial charge in [0.25, 0.3) is 0 Å². The lowest BCUT2D eigenvalue weighted by molar-refractivity contribution is -0.137. The summed E-state index contributed by atoms with van der Waals surface area (Å²) in [5, 5.41) is 11.8. The number of carboxylic acid groups (broad SMARTS) is 1. The van der Waals surface area contributed by atoms with Gasteiger partial charge in [0.2, 0.25) is 5.91 Å². The Morgan fingerprint density at radius 1 is 1.36 bits per heavy atom. The summed E-state index contributed by atoms with van der Waals surface area (Å²) in [6.45, 7) is 2.68. The van der Waals surface area contributed by atoms with Crippen LogP contribution in [0.5, 0.6) is 11.5 Å². The van der Waals surface area contributed by atoms with E-state index in [1.807, 2.05) is 0 Å². The molecular formula is C15H18ClNO5. The Labute approximate surface area is 133 Å². The molecular weight excluding hydrogens is 310 g/mol. The predicted molar refractivity (Wildman–Crippen MR) is 80.6 cm³/mol. The Morgan fingerprint density at radius 2 is 2.09 bits per heavy atom. The van der Waals surface area contributed by atoms with Gasteiger partial charge in [-0.1, -0.05) is 11.6 Å². The van der Waals surface area contributed by atoms with Gasteiger partial charge >= 0.3 is 5.97 Å². The molecule has 0 fully saturated rings. The summed E-state index contributed by atoms with van der Waals surface area (Å²) in [6.07, 6.45) is 0.564. The summed E-state index contributed by atoms with van der Waals surface area (Å²) in [5.41, 5.74) is 0.720. The molecule has 22 heavy (non-hydrogen) atoms. The fourth-order valence-electron chi connectivity index (χ4n) is 2.19. The SMILES string of the molecule is CC(CCC(=O)O)NC(=O)Cc1cc(Cl)c2c(c1)OCCO2. The van der Waals surface area contributed by atoms with Gasteiger partial charge in [-0.15, -0.1) is 0 Å². The first-order chi connectivity index (χ1) is 10.5. The van der Waals surface area contributed by atoms with Crippen LogP contribution in [0.4, 0.5) is 0 Å². The molecule has 7 heteroatoms. The van der Waals surface area contributed by atoms with Crippen LogP contribution in [0.15, 0.2) is 12.1 Å². The molecule has 1 amide bonds. The van der Waals surface area contributed by atoms with Gasteiger partial charge in [0, 0.05) is 12.5 Å². The molecule has 2 N–H and O–H groups in total. The Hall–Kier alpha value is -1.95. The monoisotopic (exact) mass is 327 g/mol. The van der Waals surface area contributed by atoms with Gasteiger partial charge in [-0.25, -0.2) is 0 Å².